The van der Waals surface area contributed by atoms with E-state index in [4.69, 9.17) is 14.2 Å². The lowest BCUT2D eigenvalue weighted by Gasteiger charge is -2.11. The van der Waals surface area contributed by atoms with Crippen LogP contribution in [0.4, 0.5) is 17.5 Å². The second-order valence-corrected chi connectivity index (χ2v) is 5.99. The zero-order valence-electron chi connectivity index (χ0n) is 16.2. The molecule has 0 saturated heterocycles. The lowest BCUT2D eigenvalue weighted by Crippen LogP contribution is -2.08. The molecule has 0 atom stereocenters. The third-order valence-corrected chi connectivity index (χ3v) is 4.17. The molecule has 2 N–H and O–H groups in total. The quantitative estimate of drug-likeness (QED) is 0.583. The predicted octanol–water partition coefficient (Wildman–Crippen LogP) is 3.90. The van der Waals surface area contributed by atoms with Crippen molar-refractivity contribution in [3.05, 3.63) is 60.3 Å². The number of rotatable bonds is 9. The van der Waals surface area contributed by atoms with E-state index in [-0.39, 0.29) is 0 Å². The highest BCUT2D eigenvalue weighted by molar-refractivity contribution is 5.55. The molecule has 0 radical (unpaired) electrons. The number of ether oxygens (including phenoxy) is 3. The maximum atomic E-state index is 5.35. The van der Waals surface area contributed by atoms with Crippen LogP contribution in [0.3, 0.4) is 0 Å². The summed E-state index contributed by atoms with van der Waals surface area (Å²) in [6.07, 6.45) is 2.54. The SMILES string of the molecule is COc1ccc(Nc2nccc(NCCc3ccc(OC)c(OC)c3)n2)cc1. The average Bonchev–Trinajstić information content (AvgIpc) is 2.74. The van der Waals surface area contributed by atoms with Crippen LogP contribution >= 0.6 is 0 Å². The predicted molar refractivity (Wildman–Crippen MR) is 110 cm³/mol. The fourth-order valence-corrected chi connectivity index (χ4v) is 2.69. The van der Waals surface area contributed by atoms with E-state index in [9.17, 15) is 0 Å². The Morgan fingerprint density at radius 1 is 0.857 bits per heavy atom. The standard InChI is InChI=1S/C21H24N4O3/c1-26-17-7-5-16(6-8-17)24-21-23-13-11-20(25-21)22-12-10-15-4-9-18(27-2)19(14-15)28-3/h4-9,11,13-14H,10,12H2,1-3H3,(H2,22,23,24,25). The van der Waals surface area contributed by atoms with Gasteiger partial charge < -0.3 is 24.8 Å². The molecule has 0 aliphatic rings. The molecule has 0 amide bonds. The van der Waals surface area contributed by atoms with E-state index in [1.807, 2.05) is 48.5 Å². The second-order valence-electron chi connectivity index (χ2n) is 5.99. The van der Waals surface area contributed by atoms with E-state index in [2.05, 4.69) is 20.6 Å². The van der Waals surface area contributed by atoms with Crippen LogP contribution in [0.25, 0.3) is 0 Å². The summed E-state index contributed by atoms with van der Waals surface area (Å²) in [7, 11) is 4.91. The number of anilines is 3. The summed E-state index contributed by atoms with van der Waals surface area (Å²) in [6, 6.07) is 15.4. The number of hydrogen-bond acceptors (Lipinski definition) is 7. The van der Waals surface area contributed by atoms with Crippen LogP contribution in [-0.4, -0.2) is 37.8 Å². The first-order valence-corrected chi connectivity index (χ1v) is 8.90. The number of aromatic nitrogens is 2. The number of methoxy groups -OCH3 is 3. The molecule has 0 aliphatic carbocycles. The molecule has 0 unspecified atom stereocenters. The minimum absolute atomic E-state index is 0.529. The van der Waals surface area contributed by atoms with Crippen LogP contribution in [0.5, 0.6) is 17.2 Å². The minimum atomic E-state index is 0.529. The Bertz CT molecular complexity index is 900. The minimum Gasteiger partial charge on any atom is -0.497 e. The summed E-state index contributed by atoms with van der Waals surface area (Å²) < 4.78 is 15.8. The Balaban J connectivity index is 1.57. The first-order chi connectivity index (χ1) is 13.7. The highest BCUT2D eigenvalue weighted by Crippen LogP contribution is 2.27. The summed E-state index contributed by atoms with van der Waals surface area (Å²) in [5, 5.41) is 6.50. The number of hydrogen-bond donors (Lipinski definition) is 2. The maximum absolute atomic E-state index is 5.35. The highest BCUT2D eigenvalue weighted by Gasteiger charge is 2.05. The topological polar surface area (TPSA) is 77.5 Å². The van der Waals surface area contributed by atoms with Crippen LogP contribution < -0.4 is 24.8 Å². The fraction of sp³-hybridized carbons (Fsp3) is 0.238. The summed E-state index contributed by atoms with van der Waals surface area (Å²) in [6.45, 7) is 0.731. The lowest BCUT2D eigenvalue weighted by atomic mass is 10.1. The van der Waals surface area contributed by atoms with Gasteiger partial charge in [-0.3, -0.25) is 0 Å². The van der Waals surface area contributed by atoms with Crippen molar-refractivity contribution in [1.29, 1.82) is 0 Å². The van der Waals surface area contributed by atoms with E-state index >= 15 is 0 Å². The molecular weight excluding hydrogens is 356 g/mol. The van der Waals surface area contributed by atoms with E-state index in [0.717, 1.165) is 47.3 Å². The van der Waals surface area contributed by atoms with Crippen molar-refractivity contribution in [2.75, 3.05) is 38.5 Å². The number of nitrogens with one attached hydrogen (secondary N) is 2. The first-order valence-electron chi connectivity index (χ1n) is 8.90. The van der Waals surface area contributed by atoms with Crippen LogP contribution in [0.1, 0.15) is 5.56 Å². The van der Waals surface area contributed by atoms with Crippen molar-refractivity contribution in [1.82, 2.24) is 9.97 Å². The lowest BCUT2D eigenvalue weighted by molar-refractivity contribution is 0.354. The molecule has 2 aromatic carbocycles. The van der Waals surface area contributed by atoms with Gasteiger partial charge >= 0.3 is 0 Å². The van der Waals surface area contributed by atoms with Crippen molar-refractivity contribution in [3.63, 3.8) is 0 Å². The van der Waals surface area contributed by atoms with Crippen molar-refractivity contribution >= 4 is 17.5 Å². The number of benzene rings is 2. The van der Waals surface area contributed by atoms with Gasteiger partial charge in [0.2, 0.25) is 5.95 Å². The van der Waals surface area contributed by atoms with E-state index in [1.165, 1.54) is 0 Å². The van der Waals surface area contributed by atoms with Crippen LogP contribution in [-0.2, 0) is 6.42 Å². The molecule has 3 aromatic rings. The van der Waals surface area contributed by atoms with Gasteiger partial charge in [0.1, 0.15) is 11.6 Å². The molecule has 0 aliphatic heterocycles. The van der Waals surface area contributed by atoms with Gasteiger partial charge in [0, 0.05) is 18.4 Å². The van der Waals surface area contributed by atoms with Crippen LogP contribution in [0.2, 0.25) is 0 Å². The zero-order valence-corrected chi connectivity index (χ0v) is 16.2. The Morgan fingerprint density at radius 2 is 1.64 bits per heavy atom. The molecule has 0 saturated carbocycles. The Kier molecular flexibility index (Phi) is 6.51. The van der Waals surface area contributed by atoms with Crippen molar-refractivity contribution in [2.45, 2.75) is 6.42 Å². The van der Waals surface area contributed by atoms with Crippen molar-refractivity contribution in [2.24, 2.45) is 0 Å². The molecule has 0 bridgehead atoms. The summed E-state index contributed by atoms with van der Waals surface area (Å²) in [5.74, 6) is 3.54. The normalized spacial score (nSPS) is 10.2. The molecule has 7 heteroatoms. The fourth-order valence-electron chi connectivity index (χ4n) is 2.69. The van der Waals surface area contributed by atoms with Crippen LogP contribution in [0.15, 0.2) is 54.7 Å². The zero-order chi connectivity index (χ0) is 19.8. The Morgan fingerprint density at radius 3 is 2.36 bits per heavy atom. The average molecular weight is 380 g/mol. The Labute approximate surface area is 164 Å². The second kappa shape index (κ2) is 9.45. The first kappa shape index (κ1) is 19.3. The van der Waals surface area contributed by atoms with E-state index < -0.39 is 0 Å². The molecule has 3 rings (SSSR count). The van der Waals surface area contributed by atoms with Crippen LogP contribution in [0, 0.1) is 0 Å². The van der Waals surface area contributed by atoms with E-state index in [0.29, 0.717) is 5.95 Å². The smallest absolute Gasteiger partial charge is 0.229 e. The van der Waals surface area contributed by atoms with Gasteiger partial charge in [-0.05, 0) is 54.4 Å². The van der Waals surface area contributed by atoms with Gasteiger partial charge in [-0.1, -0.05) is 6.07 Å². The summed E-state index contributed by atoms with van der Waals surface area (Å²) in [4.78, 5) is 8.76. The Hall–Kier alpha value is -3.48. The largest absolute Gasteiger partial charge is 0.497 e. The molecule has 1 heterocycles. The molecule has 0 fully saturated rings. The number of nitrogens with zero attached hydrogens (tertiary/aromatic N) is 2. The molecule has 28 heavy (non-hydrogen) atoms. The van der Waals surface area contributed by atoms with Gasteiger partial charge in [-0.2, -0.15) is 4.98 Å². The molecule has 1 aromatic heterocycles. The molecule has 7 nitrogen and oxygen atoms in total. The van der Waals surface area contributed by atoms with Crippen molar-refractivity contribution < 1.29 is 14.2 Å². The molecule has 0 spiro atoms. The maximum Gasteiger partial charge on any atom is 0.229 e. The van der Waals surface area contributed by atoms with Gasteiger partial charge in [0.25, 0.3) is 0 Å². The summed E-state index contributed by atoms with van der Waals surface area (Å²) in [5.41, 5.74) is 2.04. The highest BCUT2D eigenvalue weighted by atomic mass is 16.5. The van der Waals surface area contributed by atoms with Crippen molar-refractivity contribution in [3.8, 4) is 17.2 Å². The monoisotopic (exact) mass is 380 g/mol. The third kappa shape index (κ3) is 5.03. The van der Waals surface area contributed by atoms with Gasteiger partial charge in [0.05, 0.1) is 21.3 Å². The summed E-state index contributed by atoms with van der Waals surface area (Å²) >= 11 is 0. The molecular formula is C21H24N4O3. The van der Waals surface area contributed by atoms with Gasteiger partial charge in [-0.15, -0.1) is 0 Å². The molecule has 146 valence electrons. The van der Waals surface area contributed by atoms with Gasteiger partial charge in [0.15, 0.2) is 11.5 Å². The van der Waals surface area contributed by atoms with Gasteiger partial charge in [-0.25, -0.2) is 4.98 Å². The third-order valence-electron chi connectivity index (χ3n) is 4.17. The van der Waals surface area contributed by atoms with E-state index in [1.54, 1.807) is 27.5 Å².